The van der Waals surface area contributed by atoms with Crippen molar-refractivity contribution in [3.63, 3.8) is 0 Å². The Labute approximate surface area is 104 Å². The zero-order valence-corrected chi connectivity index (χ0v) is 10.4. The molecule has 1 aliphatic heterocycles. The van der Waals surface area contributed by atoms with Gasteiger partial charge < -0.3 is 5.73 Å². The Bertz CT molecular complexity index is 394. The molecule has 5 N–H and O–H groups in total. The van der Waals surface area contributed by atoms with Crippen LogP contribution in [-0.4, -0.2) is 34.9 Å². The zero-order chi connectivity index (χ0) is 12.3. The van der Waals surface area contributed by atoms with E-state index >= 15 is 0 Å². The first-order valence-electron chi connectivity index (χ1n) is 5.62. The van der Waals surface area contributed by atoms with Gasteiger partial charge in [0.15, 0.2) is 5.01 Å². The monoisotopic (exact) mass is 255 g/mol. The van der Waals surface area contributed by atoms with Gasteiger partial charge in [-0.15, -0.1) is 11.3 Å². The van der Waals surface area contributed by atoms with Gasteiger partial charge in [0.05, 0.1) is 5.69 Å². The van der Waals surface area contributed by atoms with Crippen LogP contribution in [-0.2, 0) is 6.54 Å². The van der Waals surface area contributed by atoms with Gasteiger partial charge in [-0.05, 0) is 19.4 Å². The van der Waals surface area contributed by atoms with Gasteiger partial charge >= 0.3 is 0 Å². The van der Waals surface area contributed by atoms with Crippen molar-refractivity contribution in [1.29, 1.82) is 0 Å². The lowest BCUT2D eigenvalue weighted by Crippen LogP contribution is -2.42. The number of aromatic nitrogens is 1. The number of nitrogens with one attached hydrogen (secondary N) is 1. The molecule has 0 spiro atoms. The highest BCUT2D eigenvalue weighted by atomic mass is 32.1. The predicted molar refractivity (Wildman–Crippen MR) is 66.3 cm³/mol. The van der Waals surface area contributed by atoms with Crippen molar-refractivity contribution >= 4 is 17.2 Å². The van der Waals surface area contributed by atoms with Crippen molar-refractivity contribution in [2.75, 3.05) is 13.1 Å². The van der Waals surface area contributed by atoms with Crippen molar-refractivity contribution < 1.29 is 4.79 Å². The van der Waals surface area contributed by atoms with Crippen LogP contribution < -0.4 is 17.0 Å². The van der Waals surface area contributed by atoms with E-state index < -0.39 is 0 Å². The maximum absolute atomic E-state index is 11.2. The van der Waals surface area contributed by atoms with E-state index in [1.807, 2.05) is 5.38 Å². The van der Waals surface area contributed by atoms with E-state index in [2.05, 4.69) is 15.3 Å². The third-order valence-electron chi connectivity index (χ3n) is 2.80. The Morgan fingerprint density at radius 2 is 2.53 bits per heavy atom. The molecule has 1 atom stereocenters. The lowest BCUT2D eigenvalue weighted by molar-refractivity contribution is 0.0953. The summed E-state index contributed by atoms with van der Waals surface area (Å²) in [7, 11) is 0. The van der Waals surface area contributed by atoms with E-state index in [4.69, 9.17) is 11.6 Å². The largest absolute Gasteiger partial charge is 0.327 e. The minimum absolute atomic E-state index is 0.259. The average molecular weight is 255 g/mol. The van der Waals surface area contributed by atoms with Crippen molar-refractivity contribution in [2.45, 2.75) is 25.4 Å². The highest BCUT2D eigenvalue weighted by Gasteiger charge is 2.18. The molecule has 2 heterocycles. The molecule has 1 saturated heterocycles. The summed E-state index contributed by atoms with van der Waals surface area (Å²) < 4.78 is 0. The van der Waals surface area contributed by atoms with Crippen LogP contribution in [0.5, 0.6) is 0 Å². The minimum atomic E-state index is -0.336. The minimum Gasteiger partial charge on any atom is -0.327 e. The first kappa shape index (κ1) is 12.4. The van der Waals surface area contributed by atoms with Gasteiger partial charge in [-0.25, -0.2) is 10.8 Å². The SMILES string of the molecule is NNC(=O)c1nc(CN2CCCC(N)C2)cs1. The van der Waals surface area contributed by atoms with Crippen molar-refractivity contribution in [1.82, 2.24) is 15.3 Å². The van der Waals surface area contributed by atoms with Gasteiger partial charge in [0.25, 0.3) is 5.91 Å². The lowest BCUT2D eigenvalue weighted by atomic mass is 10.1. The maximum atomic E-state index is 11.2. The molecule has 0 aliphatic carbocycles. The second-order valence-corrected chi connectivity index (χ2v) is 5.11. The molecule has 17 heavy (non-hydrogen) atoms. The van der Waals surface area contributed by atoms with Crippen LogP contribution in [0.25, 0.3) is 0 Å². The van der Waals surface area contributed by atoms with Gasteiger partial charge in [0.1, 0.15) is 0 Å². The normalized spacial score (nSPS) is 21.4. The van der Waals surface area contributed by atoms with Gasteiger partial charge in [-0.1, -0.05) is 0 Å². The molecule has 0 radical (unpaired) electrons. The highest BCUT2D eigenvalue weighted by Crippen LogP contribution is 2.15. The molecule has 1 unspecified atom stereocenters. The van der Waals surface area contributed by atoms with Crippen LogP contribution in [0.1, 0.15) is 28.3 Å². The standard InChI is InChI=1S/C10H17N5OS/c11-7-2-1-3-15(4-7)5-8-6-17-10(13-8)9(16)14-12/h6-7H,1-5,11-12H2,(H,14,16). The van der Waals surface area contributed by atoms with Gasteiger partial charge in [-0.3, -0.25) is 15.1 Å². The van der Waals surface area contributed by atoms with Gasteiger partial charge in [0.2, 0.25) is 0 Å². The number of nitrogen functional groups attached to an aromatic ring is 1. The van der Waals surface area contributed by atoms with E-state index in [0.717, 1.165) is 38.2 Å². The van der Waals surface area contributed by atoms with Gasteiger partial charge in [-0.2, -0.15) is 0 Å². The summed E-state index contributed by atoms with van der Waals surface area (Å²) >= 11 is 1.31. The third-order valence-corrected chi connectivity index (χ3v) is 3.69. The first-order chi connectivity index (χ1) is 8.19. The number of likely N-dealkylation sites (tertiary alicyclic amines) is 1. The summed E-state index contributed by atoms with van der Waals surface area (Å²) in [5, 5.41) is 2.30. The molecule has 2 rings (SSSR count). The summed E-state index contributed by atoms with van der Waals surface area (Å²) in [6, 6.07) is 0.259. The molecule has 6 nitrogen and oxygen atoms in total. The molecular weight excluding hydrogens is 238 g/mol. The third kappa shape index (κ3) is 3.22. The number of rotatable bonds is 3. The Morgan fingerprint density at radius 3 is 3.24 bits per heavy atom. The summed E-state index contributed by atoms with van der Waals surface area (Å²) in [5.41, 5.74) is 8.90. The van der Waals surface area contributed by atoms with Crippen LogP contribution in [0.15, 0.2) is 5.38 Å². The lowest BCUT2D eigenvalue weighted by Gasteiger charge is -2.29. The number of hydrogen-bond donors (Lipinski definition) is 3. The molecule has 7 heteroatoms. The number of nitrogens with two attached hydrogens (primary N) is 2. The summed E-state index contributed by atoms with van der Waals surface area (Å²) in [6.45, 7) is 2.70. The summed E-state index contributed by atoms with van der Waals surface area (Å²) in [4.78, 5) is 17.8. The number of hydrogen-bond acceptors (Lipinski definition) is 6. The smallest absolute Gasteiger partial charge is 0.294 e. The van der Waals surface area contributed by atoms with Crippen LogP contribution in [0.2, 0.25) is 0 Å². The highest BCUT2D eigenvalue weighted by molar-refractivity contribution is 7.11. The Kier molecular flexibility index (Phi) is 4.06. The maximum Gasteiger partial charge on any atom is 0.294 e. The Morgan fingerprint density at radius 1 is 1.71 bits per heavy atom. The number of amides is 1. The predicted octanol–water partition coefficient (Wildman–Crippen LogP) is -0.330. The molecule has 1 aromatic heterocycles. The summed E-state index contributed by atoms with van der Waals surface area (Å²) in [6.07, 6.45) is 2.22. The fourth-order valence-electron chi connectivity index (χ4n) is 2.01. The summed E-state index contributed by atoms with van der Waals surface area (Å²) in [5.74, 6) is 4.72. The number of piperidine rings is 1. The van der Waals surface area contributed by atoms with Crippen LogP contribution in [0.4, 0.5) is 0 Å². The molecule has 1 fully saturated rings. The molecule has 0 saturated carbocycles. The van der Waals surface area contributed by atoms with E-state index in [1.54, 1.807) is 0 Å². The topological polar surface area (TPSA) is 97.3 Å². The van der Waals surface area contributed by atoms with E-state index in [1.165, 1.54) is 11.3 Å². The average Bonchev–Trinajstić information content (AvgIpc) is 2.76. The number of thiazole rings is 1. The van der Waals surface area contributed by atoms with Crippen LogP contribution >= 0.6 is 11.3 Å². The molecular formula is C10H17N5OS. The van der Waals surface area contributed by atoms with Crippen molar-refractivity contribution in [2.24, 2.45) is 11.6 Å². The zero-order valence-electron chi connectivity index (χ0n) is 9.56. The molecule has 94 valence electrons. The fourth-order valence-corrected chi connectivity index (χ4v) is 2.72. The molecule has 1 amide bonds. The van der Waals surface area contributed by atoms with Crippen molar-refractivity contribution in [3.8, 4) is 0 Å². The second kappa shape index (κ2) is 5.54. The quantitative estimate of drug-likeness (QED) is 0.390. The molecule has 1 aliphatic rings. The van der Waals surface area contributed by atoms with E-state index in [-0.39, 0.29) is 11.9 Å². The number of carbonyl (C=O) groups is 1. The van der Waals surface area contributed by atoms with Crippen LogP contribution in [0, 0.1) is 0 Å². The first-order valence-corrected chi connectivity index (χ1v) is 6.50. The van der Waals surface area contributed by atoms with Crippen molar-refractivity contribution in [3.05, 3.63) is 16.1 Å². The number of carbonyl (C=O) groups excluding carboxylic acids is 1. The van der Waals surface area contributed by atoms with Gasteiger partial charge in [0, 0.05) is 24.5 Å². The Hall–Kier alpha value is -1.02. The molecule has 0 bridgehead atoms. The molecule has 1 aromatic rings. The van der Waals surface area contributed by atoms with E-state index in [0.29, 0.717) is 5.01 Å². The number of hydrazine groups is 1. The van der Waals surface area contributed by atoms with Crippen LogP contribution in [0.3, 0.4) is 0 Å². The van der Waals surface area contributed by atoms with E-state index in [9.17, 15) is 4.79 Å². The molecule has 0 aromatic carbocycles. The fraction of sp³-hybridized carbons (Fsp3) is 0.600. The number of nitrogens with zero attached hydrogens (tertiary/aromatic N) is 2. The second-order valence-electron chi connectivity index (χ2n) is 4.25. The Balaban J connectivity index is 1.94.